The Balaban J connectivity index is 2.16. The molecule has 0 radical (unpaired) electrons. The Labute approximate surface area is 140 Å². The highest BCUT2D eigenvalue weighted by Crippen LogP contribution is 2.27. The van der Waals surface area contributed by atoms with E-state index in [0.29, 0.717) is 28.9 Å². The Kier molecular flexibility index (Phi) is 4.22. The Hall–Kier alpha value is -2.86. The number of ether oxygens (including phenoxy) is 1. The van der Waals surface area contributed by atoms with Gasteiger partial charge in [0, 0.05) is 11.8 Å². The minimum Gasteiger partial charge on any atom is -0.497 e. The van der Waals surface area contributed by atoms with Crippen LogP contribution in [0.1, 0.15) is 10.4 Å². The van der Waals surface area contributed by atoms with Crippen molar-refractivity contribution in [2.75, 3.05) is 7.11 Å². The first kappa shape index (κ1) is 16.0. The molecule has 0 amide bonds. The van der Waals surface area contributed by atoms with Crippen molar-refractivity contribution in [3.8, 4) is 17.0 Å². The van der Waals surface area contributed by atoms with Gasteiger partial charge in [-0.05, 0) is 35.9 Å². The number of hydrogen-bond acceptors (Lipinski definition) is 4. The van der Waals surface area contributed by atoms with Gasteiger partial charge in [0.05, 0.1) is 17.7 Å². The minimum absolute atomic E-state index is 0.119. The topological polar surface area (TPSA) is 65.4 Å². The molecule has 0 spiro atoms. The second kappa shape index (κ2) is 6.33. The van der Waals surface area contributed by atoms with Gasteiger partial charge in [-0.1, -0.05) is 30.3 Å². The number of carbonyl (C=O) groups excluding carboxylic acids is 1. The van der Waals surface area contributed by atoms with Gasteiger partial charge in [-0.15, -0.1) is 0 Å². The molecule has 2 aromatic carbocycles. The lowest BCUT2D eigenvalue weighted by Crippen LogP contribution is -2.13. The summed E-state index contributed by atoms with van der Waals surface area (Å²) in [6, 6.07) is 16.7. The monoisotopic (exact) mass is 341 g/mol. The lowest BCUT2D eigenvalue weighted by Gasteiger charge is -2.11. The zero-order valence-electron chi connectivity index (χ0n) is 12.9. The number of aromatic nitrogens is 1. The van der Waals surface area contributed by atoms with Crippen molar-refractivity contribution in [3.05, 3.63) is 72.4 Å². The maximum absolute atomic E-state index is 13.0. The van der Waals surface area contributed by atoms with Gasteiger partial charge in [0.2, 0.25) is 0 Å². The number of benzene rings is 2. The first-order valence-electron chi connectivity index (χ1n) is 7.19. The van der Waals surface area contributed by atoms with E-state index < -0.39 is 10.0 Å². The number of aldehydes is 1. The third kappa shape index (κ3) is 2.83. The van der Waals surface area contributed by atoms with Crippen LogP contribution in [0.4, 0.5) is 0 Å². The molecule has 1 heterocycles. The molecular formula is C18H15NO4S. The largest absolute Gasteiger partial charge is 0.497 e. The molecule has 24 heavy (non-hydrogen) atoms. The van der Waals surface area contributed by atoms with Crippen LogP contribution in [0.2, 0.25) is 0 Å². The molecule has 0 aliphatic carbocycles. The van der Waals surface area contributed by atoms with Crippen LogP contribution in [0.25, 0.3) is 11.3 Å². The Morgan fingerprint density at radius 3 is 2.25 bits per heavy atom. The third-order valence-electron chi connectivity index (χ3n) is 3.63. The van der Waals surface area contributed by atoms with Crippen LogP contribution in [0.3, 0.4) is 0 Å². The molecule has 0 unspecified atom stereocenters. The summed E-state index contributed by atoms with van der Waals surface area (Å²) in [6.45, 7) is 0. The number of methoxy groups -OCH3 is 1. The predicted molar refractivity (Wildman–Crippen MR) is 90.8 cm³/mol. The van der Waals surface area contributed by atoms with E-state index in [1.54, 1.807) is 30.3 Å². The van der Waals surface area contributed by atoms with E-state index in [2.05, 4.69) is 0 Å². The highest BCUT2D eigenvalue weighted by Gasteiger charge is 2.21. The summed E-state index contributed by atoms with van der Waals surface area (Å²) >= 11 is 0. The standard InChI is InChI=1S/C18H15NO4S/c1-23-16-7-9-17(10-8-16)24(21,22)19-12-14(13-20)11-18(19)15-5-3-2-4-6-15/h2-13H,1H3. The summed E-state index contributed by atoms with van der Waals surface area (Å²) in [4.78, 5) is 11.2. The average molecular weight is 341 g/mol. The van der Waals surface area contributed by atoms with Crippen molar-refractivity contribution in [1.29, 1.82) is 0 Å². The van der Waals surface area contributed by atoms with Gasteiger partial charge in [-0.25, -0.2) is 12.4 Å². The average Bonchev–Trinajstić information content (AvgIpc) is 3.08. The lowest BCUT2D eigenvalue weighted by molar-refractivity contribution is 0.112. The number of rotatable bonds is 5. The molecule has 3 rings (SSSR count). The zero-order valence-corrected chi connectivity index (χ0v) is 13.7. The fourth-order valence-corrected chi connectivity index (χ4v) is 3.79. The van der Waals surface area contributed by atoms with Gasteiger partial charge in [0.15, 0.2) is 6.29 Å². The van der Waals surface area contributed by atoms with Crippen LogP contribution in [-0.4, -0.2) is 25.8 Å². The molecule has 0 N–H and O–H groups in total. The third-order valence-corrected chi connectivity index (χ3v) is 5.32. The molecule has 3 aromatic rings. The van der Waals surface area contributed by atoms with Crippen LogP contribution in [0, 0.1) is 0 Å². The first-order valence-corrected chi connectivity index (χ1v) is 8.63. The second-order valence-electron chi connectivity index (χ2n) is 5.12. The van der Waals surface area contributed by atoms with E-state index in [0.717, 1.165) is 3.97 Å². The van der Waals surface area contributed by atoms with Crippen LogP contribution in [-0.2, 0) is 10.0 Å². The van der Waals surface area contributed by atoms with Gasteiger partial charge in [0.25, 0.3) is 10.0 Å². The van der Waals surface area contributed by atoms with E-state index in [1.165, 1.54) is 25.4 Å². The molecule has 0 aliphatic heterocycles. The van der Waals surface area contributed by atoms with Gasteiger partial charge >= 0.3 is 0 Å². The predicted octanol–water partition coefficient (Wildman–Crippen LogP) is 3.21. The molecule has 6 heteroatoms. The highest BCUT2D eigenvalue weighted by molar-refractivity contribution is 7.90. The quantitative estimate of drug-likeness (QED) is 0.669. The fraction of sp³-hybridized carbons (Fsp3) is 0.0556. The van der Waals surface area contributed by atoms with Gasteiger partial charge in [-0.3, -0.25) is 4.79 Å². The number of hydrogen-bond donors (Lipinski definition) is 0. The molecule has 0 atom stereocenters. The molecule has 0 bridgehead atoms. The summed E-state index contributed by atoms with van der Waals surface area (Å²) in [6.07, 6.45) is 1.96. The second-order valence-corrected chi connectivity index (χ2v) is 6.93. The maximum atomic E-state index is 13.0. The number of carbonyl (C=O) groups is 1. The lowest BCUT2D eigenvalue weighted by atomic mass is 10.1. The SMILES string of the molecule is COc1ccc(S(=O)(=O)n2cc(C=O)cc2-c2ccccc2)cc1. The summed E-state index contributed by atoms with van der Waals surface area (Å²) < 4.78 is 32.1. The van der Waals surface area contributed by atoms with Crippen molar-refractivity contribution >= 4 is 16.3 Å². The molecule has 0 saturated heterocycles. The normalized spacial score (nSPS) is 11.2. The van der Waals surface area contributed by atoms with E-state index >= 15 is 0 Å². The molecule has 5 nitrogen and oxygen atoms in total. The minimum atomic E-state index is -3.83. The van der Waals surface area contributed by atoms with Crippen molar-refractivity contribution in [2.45, 2.75) is 4.90 Å². The van der Waals surface area contributed by atoms with Gasteiger partial charge in [-0.2, -0.15) is 0 Å². The van der Waals surface area contributed by atoms with E-state index in [1.807, 2.05) is 18.2 Å². The van der Waals surface area contributed by atoms with E-state index in [4.69, 9.17) is 4.74 Å². The van der Waals surface area contributed by atoms with E-state index in [-0.39, 0.29) is 4.90 Å². The fourth-order valence-electron chi connectivity index (χ4n) is 2.41. The summed E-state index contributed by atoms with van der Waals surface area (Å²) in [5, 5.41) is 0. The van der Waals surface area contributed by atoms with Gasteiger partial charge in [0.1, 0.15) is 5.75 Å². The maximum Gasteiger partial charge on any atom is 0.268 e. The van der Waals surface area contributed by atoms with Crippen LogP contribution in [0.5, 0.6) is 5.75 Å². The van der Waals surface area contributed by atoms with Crippen molar-refractivity contribution in [1.82, 2.24) is 3.97 Å². The molecular weight excluding hydrogens is 326 g/mol. The molecule has 122 valence electrons. The van der Waals surface area contributed by atoms with Crippen molar-refractivity contribution in [3.63, 3.8) is 0 Å². The summed E-state index contributed by atoms with van der Waals surface area (Å²) in [5.74, 6) is 0.568. The highest BCUT2D eigenvalue weighted by atomic mass is 32.2. The molecule has 0 fully saturated rings. The zero-order chi connectivity index (χ0) is 17.2. The number of nitrogens with zero attached hydrogens (tertiary/aromatic N) is 1. The summed E-state index contributed by atoms with van der Waals surface area (Å²) in [5.41, 5.74) is 1.45. The molecule has 0 saturated carbocycles. The summed E-state index contributed by atoms with van der Waals surface area (Å²) in [7, 11) is -2.32. The van der Waals surface area contributed by atoms with Crippen LogP contribution >= 0.6 is 0 Å². The smallest absolute Gasteiger partial charge is 0.268 e. The Bertz CT molecular complexity index is 958. The van der Waals surface area contributed by atoms with E-state index in [9.17, 15) is 13.2 Å². The molecule has 1 aromatic heterocycles. The van der Waals surface area contributed by atoms with Gasteiger partial charge < -0.3 is 4.74 Å². The van der Waals surface area contributed by atoms with Crippen molar-refractivity contribution < 1.29 is 17.9 Å². The first-order chi connectivity index (χ1) is 11.6. The molecule has 0 aliphatic rings. The van der Waals surface area contributed by atoms with Crippen molar-refractivity contribution in [2.24, 2.45) is 0 Å². The van der Waals surface area contributed by atoms with Crippen LogP contribution < -0.4 is 4.74 Å². The van der Waals surface area contributed by atoms with Crippen LogP contribution in [0.15, 0.2) is 71.8 Å². The Morgan fingerprint density at radius 1 is 1.00 bits per heavy atom. The Morgan fingerprint density at radius 2 is 1.67 bits per heavy atom.